The number of aromatic amines is 1. The van der Waals surface area contributed by atoms with Gasteiger partial charge in [-0.3, -0.25) is 14.6 Å². The Labute approximate surface area is 105 Å². The summed E-state index contributed by atoms with van der Waals surface area (Å²) in [5.74, 6) is 0.761. The third-order valence-electron chi connectivity index (χ3n) is 2.92. The van der Waals surface area contributed by atoms with Gasteiger partial charge in [-0.1, -0.05) is 6.07 Å². The van der Waals surface area contributed by atoms with E-state index < -0.39 is 0 Å². The van der Waals surface area contributed by atoms with Gasteiger partial charge < -0.3 is 10.1 Å². The van der Waals surface area contributed by atoms with Crippen molar-refractivity contribution in [3.63, 3.8) is 0 Å². The molecule has 2 aromatic rings. The molecule has 96 valence electrons. The maximum absolute atomic E-state index is 11.8. The molecule has 0 saturated heterocycles. The number of nitrogens with one attached hydrogen (secondary N) is 2. The Balaban J connectivity index is 2.50. The summed E-state index contributed by atoms with van der Waals surface area (Å²) < 4.78 is 6.96. The molecule has 0 saturated carbocycles. The largest absolute Gasteiger partial charge is 0.497 e. The predicted molar refractivity (Wildman–Crippen MR) is 70.4 cm³/mol. The Kier molecular flexibility index (Phi) is 3.53. The predicted octanol–water partition coefficient (Wildman–Crippen LogP) is 1.20. The van der Waals surface area contributed by atoms with Crippen molar-refractivity contribution in [2.24, 2.45) is 0 Å². The normalized spacial score (nSPS) is 10.6. The molecule has 0 amide bonds. The van der Waals surface area contributed by atoms with Crippen LogP contribution in [-0.2, 0) is 6.54 Å². The topological polar surface area (TPSA) is 59.1 Å². The summed E-state index contributed by atoms with van der Waals surface area (Å²) in [7, 11) is 3.44. The van der Waals surface area contributed by atoms with E-state index in [1.54, 1.807) is 11.8 Å². The molecule has 0 atom stereocenters. The smallest absolute Gasteiger partial charge is 0.269 e. The molecule has 1 heterocycles. The summed E-state index contributed by atoms with van der Waals surface area (Å²) in [6.45, 7) is 2.47. The first-order chi connectivity index (χ1) is 8.67. The van der Waals surface area contributed by atoms with Crippen LogP contribution in [0.4, 0.5) is 0 Å². The minimum atomic E-state index is -0.0651. The Morgan fingerprint density at radius 2 is 2.22 bits per heavy atom. The lowest BCUT2D eigenvalue weighted by molar-refractivity contribution is 0.414. The third kappa shape index (κ3) is 2.17. The van der Waals surface area contributed by atoms with Gasteiger partial charge in [0.1, 0.15) is 5.75 Å². The Hall–Kier alpha value is -2.01. The summed E-state index contributed by atoms with van der Waals surface area (Å²) in [6.07, 6.45) is 0. The fourth-order valence-corrected chi connectivity index (χ4v) is 1.94. The molecule has 0 fully saturated rings. The van der Waals surface area contributed by atoms with E-state index >= 15 is 0 Å². The highest BCUT2D eigenvalue weighted by Gasteiger charge is 2.11. The Bertz CT molecular complexity index is 599. The monoisotopic (exact) mass is 247 g/mol. The molecule has 2 N–H and O–H groups in total. The molecule has 18 heavy (non-hydrogen) atoms. The lowest BCUT2D eigenvalue weighted by Gasteiger charge is -2.08. The van der Waals surface area contributed by atoms with Gasteiger partial charge in [0.05, 0.1) is 18.4 Å². The van der Waals surface area contributed by atoms with Crippen molar-refractivity contribution in [2.75, 3.05) is 14.2 Å². The molecule has 2 rings (SSSR count). The number of nitrogens with zero attached hydrogens (tertiary/aromatic N) is 1. The number of rotatable bonds is 4. The molecule has 0 radical (unpaired) electrons. The van der Waals surface area contributed by atoms with Gasteiger partial charge in [0.15, 0.2) is 0 Å². The molecule has 0 bridgehead atoms. The highest BCUT2D eigenvalue weighted by Crippen LogP contribution is 2.17. The Morgan fingerprint density at radius 3 is 2.89 bits per heavy atom. The van der Waals surface area contributed by atoms with Crippen LogP contribution in [0.5, 0.6) is 5.75 Å². The number of aromatic nitrogens is 2. The first-order valence-electron chi connectivity index (χ1n) is 5.77. The standard InChI is InChI=1S/C13H17N3O2/c1-9-12(8-14-2)13(17)15-16(9)10-5-4-6-11(7-10)18-3/h4-7,14H,8H2,1-3H3,(H,15,17). The van der Waals surface area contributed by atoms with Crippen molar-refractivity contribution in [2.45, 2.75) is 13.5 Å². The van der Waals surface area contributed by atoms with Crippen LogP contribution in [0.15, 0.2) is 29.1 Å². The van der Waals surface area contributed by atoms with Crippen molar-refractivity contribution >= 4 is 0 Å². The summed E-state index contributed by atoms with van der Waals surface area (Å²) in [5, 5.41) is 5.83. The van der Waals surface area contributed by atoms with Crippen molar-refractivity contribution < 1.29 is 4.74 Å². The highest BCUT2D eigenvalue weighted by molar-refractivity contribution is 5.40. The van der Waals surface area contributed by atoms with E-state index in [4.69, 9.17) is 4.74 Å². The van der Waals surface area contributed by atoms with Crippen molar-refractivity contribution in [1.29, 1.82) is 0 Å². The van der Waals surface area contributed by atoms with E-state index in [2.05, 4.69) is 10.4 Å². The number of hydrogen-bond donors (Lipinski definition) is 2. The molecule has 0 aliphatic carbocycles. The average molecular weight is 247 g/mol. The summed E-state index contributed by atoms with van der Waals surface area (Å²) >= 11 is 0. The second kappa shape index (κ2) is 5.10. The van der Waals surface area contributed by atoms with Gasteiger partial charge in [0, 0.05) is 18.3 Å². The van der Waals surface area contributed by atoms with Crippen LogP contribution in [0, 0.1) is 6.92 Å². The summed E-state index contributed by atoms with van der Waals surface area (Å²) in [5.41, 5.74) is 2.47. The highest BCUT2D eigenvalue weighted by atomic mass is 16.5. The van der Waals surface area contributed by atoms with Gasteiger partial charge in [-0.2, -0.15) is 0 Å². The molecule has 1 aromatic carbocycles. The fraction of sp³-hybridized carbons (Fsp3) is 0.308. The lowest BCUT2D eigenvalue weighted by atomic mass is 10.2. The SMILES string of the molecule is CNCc1c(C)n(-c2cccc(OC)c2)[nH]c1=O. The zero-order valence-electron chi connectivity index (χ0n) is 10.8. The molecule has 0 spiro atoms. The molecule has 0 aliphatic rings. The van der Waals surface area contributed by atoms with E-state index in [0.717, 1.165) is 22.7 Å². The van der Waals surface area contributed by atoms with Crippen LogP contribution in [0.2, 0.25) is 0 Å². The average Bonchev–Trinajstić information content (AvgIpc) is 2.67. The number of H-pyrrole nitrogens is 1. The first kappa shape index (κ1) is 12.4. The number of benzene rings is 1. The van der Waals surface area contributed by atoms with Gasteiger partial charge >= 0.3 is 0 Å². The van der Waals surface area contributed by atoms with Crippen LogP contribution < -0.4 is 15.6 Å². The second-order valence-corrected chi connectivity index (χ2v) is 4.07. The molecule has 5 nitrogen and oxygen atoms in total. The maximum Gasteiger partial charge on any atom is 0.269 e. The molecule has 0 aliphatic heterocycles. The zero-order valence-corrected chi connectivity index (χ0v) is 10.8. The van der Waals surface area contributed by atoms with Crippen molar-refractivity contribution in [3.05, 3.63) is 45.9 Å². The van der Waals surface area contributed by atoms with E-state index in [9.17, 15) is 4.79 Å². The number of methoxy groups -OCH3 is 1. The minimum Gasteiger partial charge on any atom is -0.497 e. The summed E-state index contributed by atoms with van der Waals surface area (Å²) in [4.78, 5) is 11.8. The van der Waals surface area contributed by atoms with Gasteiger partial charge in [-0.15, -0.1) is 0 Å². The van der Waals surface area contributed by atoms with Gasteiger partial charge in [0.25, 0.3) is 5.56 Å². The van der Waals surface area contributed by atoms with Gasteiger partial charge in [0.2, 0.25) is 0 Å². The molecule has 1 aromatic heterocycles. The van der Waals surface area contributed by atoms with Crippen molar-refractivity contribution in [3.8, 4) is 11.4 Å². The minimum absolute atomic E-state index is 0.0651. The van der Waals surface area contributed by atoms with Crippen molar-refractivity contribution in [1.82, 2.24) is 15.1 Å². The molecular formula is C13H17N3O2. The number of hydrogen-bond acceptors (Lipinski definition) is 3. The molecule has 0 unspecified atom stereocenters. The van der Waals surface area contributed by atoms with Crippen LogP contribution in [0.25, 0.3) is 5.69 Å². The van der Waals surface area contributed by atoms with E-state index in [-0.39, 0.29) is 5.56 Å². The van der Waals surface area contributed by atoms with E-state index in [1.807, 2.05) is 38.2 Å². The third-order valence-corrected chi connectivity index (χ3v) is 2.92. The lowest BCUT2D eigenvalue weighted by Crippen LogP contribution is -2.14. The van der Waals surface area contributed by atoms with Crippen LogP contribution in [-0.4, -0.2) is 23.9 Å². The van der Waals surface area contributed by atoms with E-state index in [0.29, 0.717) is 6.54 Å². The van der Waals surface area contributed by atoms with Crippen LogP contribution >= 0.6 is 0 Å². The molecule has 5 heteroatoms. The van der Waals surface area contributed by atoms with Gasteiger partial charge in [-0.05, 0) is 26.1 Å². The Morgan fingerprint density at radius 1 is 1.44 bits per heavy atom. The number of ether oxygens (including phenoxy) is 1. The first-order valence-corrected chi connectivity index (χ1v) is 5.77. The van der Waals surface area contributed by atoms with Crippen LogP contribution in [0.1, 0.15) is 11.3 Å². The second-order valence-electron chi connectivity index (χ2n) is 4.07. The fourth-order valence-electron chi connectivity index (χ4n) is 1.94. The maximum atomic E-state index is 11.8. The van der Waals surface area contributed by atoms with Crippen LogP contribution in [0.3, 0.4) is 0 Å². The van der Waals surface area contributed by atoms with Gasteiger partial charge in [-0.25, -0.2) is 0 Å². The van der Waals surface area contributed by atoms with E-state index in [1.165, 1.54) is 0 Å². The quantitative estimate of drug-likeness (QED) is 0.853. The molecular weight excluding hydrogens is 230 g/mol. The summed E-state index contributed by atoms with van der Waals surface area (Å²) in [6, 6.07) is 7.57. The zero-order chi connectivity index (χ0) is 13.1.